The minimum absolute atomic E-state index is 0.0642. The largest absolute Gasteiger partial charge is 0.305 e. The Morgan fingerprint density at radius 2 is 2.17 bits per heavy atom. The molecule has 7 heteroatoms. The lowest BCUT2D eigenvalue weighted by Gasteiger charge is -2.01. The SMILES string of the molecule is CC(=O)c1cc([N+](=O)[O-])c(-n2cnc(C)c2C)s1. The smallest absolute Gasteiger partial charge is 0.294 e. The predicted octanol–water partition coefficient (Wildman–Crippen LogP) is 2.66. The van der Waals surface area contributed by atoms with Crippen LogP contribution in [0.25, 0.3) is 5.00 Å². The Bertz CT molecular complexity index is 642. The molecule has 0 aliphatic carbocycles. The number of nitrogens with zero attached hydrogens (tertiary/aromatic N) is 3. The topological polar surface area (TPSA) is 78.0 Å². The summed E-state index contributed by atoms with van der Waals surface area (Å²) in [6, 6.07) is 1.32. The van der Waals surface area contributed by atoms with E-state index >= 15 is 0 Å². The third-order valence-electron chi connectivity index (χ3n) is 2.71. The van der Waals surface area contributed by atoms with Crippen LogP contribution in [-0.4, -0.2) is 20.3 Å². The third-order valence-corrected chi connectivity index (χ3v) is 3.93. The molecule has 0 saturated heterocycles. The molecule has 2 rings (SSSR count). The Hall–Kier alpha value is -2.02. The first-order valence-corrected chi connectivity index (χ1v) is 6.03. The van der Waals surface area contributed by atoms with E-state index in [0.717, 1.165) is 22.7 Å². The molecule has 0 aliphatic heterocycles. The number of carbonyl (C=O) groups is 1. The summed E-state index contributed by atoms with van der Waals surface area (Å²) >= 11 is 1.11. The van der Waals surface area contributed by atoms with Gasteiger partial charge in [-0.15, -0.1) is 11.3 Å². The molecule has 0 radical (unpaired) electrons. The van der Waals surface area contributed by atoms with Gasteiger partial charge in [0.1, 0.15) is 6.33 Å². The molecule has 6 nitrogen and oxygen atoms in total. The average Bonchev–Trinajstić information content (AvgIpc) is 2.85. The summed E-state index contributed by atoms with van der Waals surface area (Å²) in [5.74, 6) is -0.177. The van der Waals surface area contributed by atoms with Gasteiger partial charge in [0.25, 0.3) is 0 Å². The number of thiophene rings is 1. The molecular formula is C11H11N3O3S. The molecule has 0 aliphatic rings. The van der Waals surface area contributed by atoms with Gasteiger partial charge in [0, 0.05) is 11.8 Å². The molecule has 94 valence electrons. The first-order valence-electron chi connectivity index (χ1n) is 5.22. The fourth-order valence-electron chi connectivity index (χ4n) is 1.55. The van der Waals surface area contributed by atoms with Crippen LogP contribution in [0.4, 0.5) is 5.69 Å². The number of aromatic nitrogens is 2. The fraction of sp³-hybridized carbons (Fsp3) is 0.273. The second-order valence-corrected chi connectivity index (χ2v) is 4.93. The lowest BCUT2D eigenvalue weighted by Crippen LogP contribution is -1.96. The summed E-state index contributed by atoms with van der Waals surface area (Å²) in [6.45, 7) is 5.06. The van der Waals surface area contributed by atoms with E-state index in [0.29, 0.717) is 9.88 Å². The van der Waals surface area contributed by atoms with E-state index in [1.807, 2.05) is 13.8 Å². The monoisotopic (exact) mass is 265 g/mol. The molecule has 0 bridgehead atoms. The van der Waals surface area contributed by atoms with Crippen molar-refractivity contribution in [3.05, 3.63) is 38.8 Å². The van der Waals surface area contributed by atoms with Crippen molar-refractivity contribution in [2.75, 3.05) is 0 Å². The maximum absolute atomic E-state index is 11.3. The summed E-state index contributed by atoms with van der Waals surface area (Å²) in [5.41, 5.74) is 1.57. The Kier molecular flexibility index (Phi) is 3.00. The molecule has 0 fully saturated rings. The molecule has 0 aromatic carbocycles. The van der Waals surface area contributed by atoms with Crippen LogP contribution in [0.3, 0.4) is 0 Å². The summed E-state index contributed by atoms with van der Waals surface area (Å²) in [6.07, 6.45) is 1.54. The predicted molar refractivity (Wildman–Crippen MR) is 67.6 cm³/mol. The highest BCUT2D eigenvalue weighted by molar-refractivity contribution is 7.17. The number of imidazole rings is 1. The molecule has 0 amide bonds. The number of rotatable bonds is 3. The molecule has 2 heterocycles. The molecule has 0 unspecified atom stereocenters. The van der Waals surface area contributed by atoms with Gasteiger partial charge in [0.15, 0.2) is 10.8 Å². The van der Waals surface area contributed by atoms with E-state index in [1.165, 1.54) is 19.3 Å². The summed E-state index contributed by atoms with van der Waals surface area (Å²) in [4.78, 5) is 26.3. The van der Waals surface area contributed by atoms with Crippen LogP contribution >= 0.6 is 11.3 Å². The maximum atomic E-state index is 11.3. The second kappa shape index (κ2) is 4.34. The molecule has 0 spiro atoms. The van der Waals surface area contributed by atoms with Crippen molar-refractivity contribution in [2.45, 2.75) is 20.8 Å². The number of aryl methyl sites for hydroxylation is 1. The number of carbonyl (C=O) groups excluding carboxylic acids is 1. The zero-order valence-electron chi connectivity index (χ0n) is 10.1. The highest BCUT2D eigenvalue weighted by Crippen LogP contribution is 2.34. The Morgan fingerprint density at radius 1 is 1.50 bits per heavy atom. The molecular weight excluding hydrogens is 254 g/mol. The standard InChI is InChI=1S/C11H11N3O3S/c1-6-7(2)13(5-12-6)11-9(14(16)17)4-10(18-11)8(3)15/h4-5H,1-3H3. The van der Waals surface area contributed by atoms with Crippen LogP contribution in [0, 0.1) is 24.0 Å². The second-order valence-electron chi connectivity index (χ2n) is 3.90. The van der Waals surface area contributed by atoms with Crippen molar-refractivity contribution >= 4 is 22.8 Å². The first kappa shape index (κ1) is 12.4. The average molecular weight is 265 g/mol. The molecule has 0 atom stereocenters. The highest BCUT2D eigenvalue weighted by atomic mass is 32.1. The van der Waals surface area contributed by atoms with Gasteiger partial charge >= 0.3 is 5.69 Å². The van der Waals surface area contributed by atoms with E-state index in [9.17, 15) is 14.9 Å². The third kappa shape index (κ3) is 1.92. The summed E-state index contributed by atoms with van der Waals surface area (Å²) in [7, 11) is 0. The minimum atomic E-state index is -0.479. The molecule has 2 aromatic heterocycles. The van der Waals surface area contributed by atoms with Crippen LogP contribution in [0.15, 0.2) is 12.4 Å². The number of ketones is 1. The van der Waals surface area contributed by atoms with Gasteiger partial charge in [0.2, 0.25) is 0 Å². The van der Waals surface area contributed by atoms with Gasteiger partial charge < -0.3 is 0 Å². The zero-order valence-corrected chi connectivity index (χ0v) is 10.9. The number of hydrogen-bond donors (Lipinski definition) is 0. The lowest BCUT2D eigenvalue weighted by molar-refractivity contribution is -0.384. The molecule has 18 heavy (non-hydrogen) atoms. The van der Waals surface area contributed by atoms with Crippen LogP contribution in [-0.2, 0) is 0 Å². The van der Waals surface area contributed by atoms with Gasteiger partial charge in [-0.05, 0) is 20.8 Å². The summed E-state index contributed by atoms with van der Waals surface area (Å²) in [5, 5.41) is 11.4. The van der Waals surface area contributed by atoms with Crippen LogP contribution < -0.4 is 0 Å². The van der Waals surface area contributed by atoms with Crippen molar-refractivity contribution in [3.8, 4) is 5.00 Å². The van der Waals surface area contributed by atoms with E-state index < -0.39 is 4.92 Å². The van der Waals surface area contributed by atoms with Gasteiger partial charge in [-0.25, -0.2) is 4.98 Å². The van der Waals surface area contributed by atoms with Crippen LogP contribution in [0.1, 0.15) is 28.0 Å². The normalized spacial score (nSPS) is 10.6. The Morgan fingerprint density at radius 3 is 2.61 bits per heavy atom. The van der Waals surface area contributed by atoms with Crippen molar-refractivity contribution in [1.29, 1.82) is 0 Å². The minimum Gasteiger partial charge on any atom is -0.294 e. The van der Waals surface area contributed by atoms with Gasteiger partial charge in [0.05, 0.1) is 15.5 Å². The van der Waals surface area contributed by atoms with Crippen molar-refractivity contribution in [1.82, 2.24) is 9.55 Å². The summed E-state index contributed by atoms with van der Waals surface area (Å²) < 4.78 is 1.64. The number of nitro groups is 1. The first-order chi connectivity index (χ1) is 8.41. The van der Waals surface area contributed by atoms with Crippen molar-refractivity contribution < 1.29 is 9.72 Å². The fourth-order valence-corrected chi connectivity index (χ4v) is 2.60. The molecule has 0 N–H and O–H groups in total. The van der Waals surface area contributed by atoms with Gasteiger partial charge in [-0.3, -0.25) is 19.5 Å². The van der Waals surface area contributed by atoms with Crippen molar-refractivity contribution in [3.63, 3.8) is 0 Å². The number of hydrogen-bond acceptors (Lipinski definition) is 5. The van der Waals surface area contributed by atoms with Crippen LogP contribution in [0.2, 0.25) is 0 Å². The maximum Gasteiger partial charge on any atom is 0.305 e. The van der Waals surface area contributed by atoms with E-state index in [4.69, 9.17) is 0 Å². The Balaban J connectivity index is 2.66. The molecule has 0 saturated carbocycles. The zero-order chi connectivity index (χ0) is 13.4. The van der Waals surface area contributed by atoms with Gasteiger partial charge in [-0.2, -0.15) is 0 Å². The highest BCUT2D eigenvalue weighted by Gasteiger charge is 2.23. The van der Waals surface area contributed by atoms with Gasteiger partial charge in [-0.1, -0.05) is 0 Å². The quantitative estimate of drug-likeness (QED) is 0.485. The Labute approximate surface area is 107 Å². The van der Waals surface area contributed by atoms with E-state index in [2.05, 4.69) is 4.98 Å². The lowest BCUT2D eigenvalue weighted by atomic mass is 10.3. The number of Topliss-reactive ketones (excluding diaryl/α,β-unsaturated/α-hetero) is 1. The van der Waals surface area contributed by atoms with Crippen molar-refractivity contribution in [2.24, 2.45) is 0 Å². The van der Waals surface area contributed by atoms with E-state index in [1.54, 1.807) is 4.57 Å². The molecule has 2 aromatic rings. The van der Waals surface area contributed by atoms with E-state index in [-0.39, 0.29) is 11.5 Å². The van der Waals surface area contributed by atoms with Crippen LogP contribution in [0.5, 0.6) is 0 Å².